The van der Waals surface area contributed by atoms with Crippen molar-refractivity contribution >= 4 is 29.2 Å². The number of esters is 1. The van der Waals surface area contributed by atoms with E-state index in [0.717, 1.165) is 19.3 Å². The lowest BCUT2D eigenvalue weighted by atomic mass is 10.1. The van der Waals surface area contributed by atoms with E-state index in [9.17, 15) is 9.59 Å². The van der Waals surface area contributed by atoms with Gasteiger partial charge in [0.2, 0.25) is 0 Å². The highest BCUT2D eigenvalue weighted by Crippen LogP contribution is 2.26. The van der Waals surface area contributed by atoms with Gasteiger partial charge in [0.15, 0.2) is 12.7 Å². The number of rotatable bonds is 6. The van der Waals surface area contributed by atoms with Crippen LogP contribution in [-0.2, 0) is 27.2 Å². The molecule has 0 aliphatic heterocycles. The summed E-state index contributed by atoms with van der Waals surface area (Å²) in [6, 6.07) is 12.2. The lowest BCUT2D eigenvalue weighted by molar-refractivity contribution is -0.155. The number of anilines is 1. The molecule has 1 aliphatic rings. The Bertz CT molecular complexity index is 952. The van der Waals surface area contributed by atoms with Crippen molar-refractivity contribution in [3.05, 3.63) is 58.1 Å². The van der Waals surface area contributed by atoms with Crippen LogP contribution in [-0.4, -0.2) is 24.6 Å². The average Bonchev–Trinajstić information content (AvgIpc) is 3.14. The van der Waals surface area contributed by atoms with E-state index in [-0.39, 0.29) is 11.6 Å². The summed E-state index contributed by atoms with van der Waals surface area (Å²) in [6.45, 7) is 1.19. The predicted molar refractivity (Wildman–Crippen MR) is 104 cm³/mol. The van der Waals surface area contributed by atoms with Crippen molar-refractivity contribution < 1.29 is 19.1 Å². The van der Waals surface area contributed by atoms with E-state index in [1.807, 2.05) is 24.3 Å². The van der Waals surface area contributed by atoms with E-state index in [2.05, 4.69) is 5.32 Å². The molecule has 1 amide bonds. The van der Waals surface area contributed by atoms with Crippen LogP contribution in [0.4, 0.5) is 5.69 Å². The maximum Gasteiger partial charge on any atom is 0.344 e. The predicted octanol–water partition coefficient (Wildman–Crippen LogP) is 3.65. The van der Waals surface area contributed by atoms with Crippen LogP contribution in [0.3, 0.4) is 0 Å². The number of nitrogens with one attached hydrogen (secondary N) is 1. The molecule has 0 bridgehead atoms. The second kappa shape index (κ2) is 8.77. The Balaban J connectivity index is 1.48. The zero-order chi connectivity index (χ0) is 20.1. The van der Waals surface area contributed by atoms with E-state index in [0.29, 0.717) is 17.0 Å². The van der Waals surface area contributed by atoms with Gasteiger partial charge in [-0.3, -0.25) is 4.79 Å². The normalized spacial score (nSPS) is 13.2. The summed E-state index contributed by atoms with van der Waals surface area (Å²) in [7, 11) is 0. The van der Waals surface area contributed by atoms with E-state index >= 15 is 0 Å². The molecule has 1 atom stereocenters. The molecule has 3 rings (SSSR count). The number of carbonyl (C=O) groups excluding carboxylic acids is 2. The van der Waals surface area contributed by atoms with Crippen LogP contribution >= 0.6 is 11.6 Å². The number of halogens is 1. The molecule has 1 unspecified atom stereocenters. The number of fused-ring (bicyclic) bond motifs is 1. The third kappa shape index (κ3) is 4.81. The summed E-state index contributed by atoms with van der Waals surface area (Å²) >= 11 is 5.94. The Morgan fingerprint density at radius 2 is 2.00 bits per heavy atom. The summed E-state index contributed by atoms with van der Waals surface area (Å²) in [5, 5.41) is 11.7. The fourth-order valence-electron chi connectivity index (χ4n) is 2.99. The molecule has 0 radical (unpaired) electrons. The van der Waals surface area contributed by atoms with Gasteiger partial charge in [-0.05, 0) is 67.6 Å². The van der Waals surface area contributed by atoms with Crippen molar-refractivity contribution in [2.45, 2.75) is 32.3 Å². The molecule has 0 fully saturated rings. The van der Waals surface area contributed by atoms with Gasteiger partial charge in [-0.2, -0.15) is 5.26 Å². The van der Waals surface area contributed by atoms with Gasteiger partial charge in [0.1, 0.15) is 11.8 Å². The first kappa shape index (κ1) is 19.7. The van der Waals surface area contributed by atoms with Gasteiger partial charge in [0.25, 0.3) is 5.91 Å². The molecule has 144 valence electrons. The van der Waals surface area contributed by atoms with Crippen molar-refractivity contribution in [1.29, 1.82) is 5.26 Å². The third-order valence-corrected chi connectivity index (χ3v) is 4.77. The van der Waals surface area contributed by atoms with Gasteiger partial charge < -0.3 is 14.8 Å². The van der Waals surface area contributed by atoms with E-state index in [4.69, 9.17) is 26.3 Å². The molecule has 1 aliphatic carbocycles. The van der Waals surface area contributed by atoms with Crippen molar-refractivity contribution in [3.63, 3.8) is 0 Å². The van der Waals surface area contributed by atoms with Crippen LogP contribution in [0.5, 0.6) is 5.75 Å². The lowest BCUT2D eigenvalue weighted by Gasteiger charge is -2.14. The monoisotopic (exact) mass is 398 g/mol. The zero-order valence-corrected chi connectivity index (χ0v) is 16.1. The Morgan fingerprint density at radius 1 is 1.21 bits per heavy atom. The Labute approximate surface area is 168 Å². The zero-order valence-electron chi connectivity index (χ0n) is 15.3. The molecule has 0 aromatic heterocycles. The summed E-state index contributed by atoms with van der Waals surface area (Å²) in [6.07, 6.45) is 2.23. The molecule has 2 aromatic rings. The number of amides is 1. The van der Waals surface area contributed by atoms with Crippen molar-refractivity contribution in [2.75, 3.05) is 11.9 Å². The molecule has 2 aromatic carbocycles. The largest absolute Gasteiger partial charge is 0.482 e. The number of nitrogens with zero attached hydrogens (tertiary/aromatic N) is 1. The highest BCUT2D eigenvalue weighted by molar-refractivity contribution is 6.32. The van der Waals surface area contributed by atoms with Crippen LogP contribution in [0.25, 0.3) is 0 Å². The van der Waals surface area contributed by atoms with Gasteiger partial charge in [0.05, 0.1) is 10.6 Å². The van der Waals surface area contributed by atoms with Gasteiger partial charge in [-0.15, -0.1) is 0 Å². The van der Waals surface area contributed by atoms with Gasteiger partial charge in [-0.25, -0.2) is 4.79 Å². The van der Waals surface area contributed by atoms with Crippen molar-refractivity contribution in [2.24, 2.45) is 0 Å². The van der Waals surface area contributed by atoms with Crippen LogP contribution in [0, 0.1) is 11.3 Å². The summed E-state index contributed by atoms with van der Waals surface area (Å²) in [5.74, 6) is -0.533. The van der Waals surface area contributed by atoms with Crippen LogP contribution in [0.2, 0.25) is 5.02 Å². The minimum absolute atomic E-state index is 0.229. The minimum Gasteiger partial charge on any atom is -0.482 e. The molecule has 0 saturated heterocycles. The number of aryl methyl sites for hydroxylation is 2. The van der Waals surface area contributed by atoms with Crippen LogP contribution < -0.4 is 10.1 Å². The van der Waals surface area contributed by atoms with Gasteiger partial charge >= 0.3 is 5.97 Å². The summed E-state index contributed by atoms with van der Waals surface area (Å²) < 4.78 is 10.6. The summed E-state index contributed by atoms with van der Waals surface area (Å²) in [4.78, 5) is 24.1. The maximum atomic E-state index is 12.2. The average molecular weight is 399 g/mol. The second-order valence-corrected chi connectivity index (χ2v) is 6.91. The molecular formula is C21H19ClN2O4. The molecule has 1 N–H and O–H groups in total. The standard InChI is InChI=1S/C21H19ClN2O4/c1-13(21(26)24-17-7-5-16(11-23)19(22)10-17)28-20(25)12-27-18-8-6-14-3-2-4-15(14)9-18/h5-10,13H,2-4,12H2,1H3,(H,24,26). The molecule has 0 saturated carbocycles. The lowest BCUT2D eigenvalue weighted by Crippen LogP contribution is -2.31. The Morgan fingerprint density at radius 3 is 2.75 bits per heavy atom. The highest BCUT2D eigenvalue weighted by Gasteiger charge is 2.19. The SMILES string of the molecule is CC(OC(=O)COc1ccc2c(c1)CCC2)C(=O)Nc1ccc(C#N)c(Cl)c1. The van der Waals surface area contributed by atoms with Crippen molar-refractivity contribution in [3.8, 4) is 11.8 Å². The maximum absolute atomic E-state index is 12.2. The Kier molecular flexibility index (Phi) is 6.17. The third-order valence-electron chi connectivity index (χ3n) is 4.46. The topological polar surface area (TPSA) is 88.4 Å². The number of nitriles is 1. The first-order valence-electron chi connectivity index (χ1n) is 8.91. The smallest absolute Gasteiger partial charge is 0.344 e. The van der Waals surface area contributed by atoms with Gasteiger partial charge in [-0.1, -0.05) is 17.7 Å². The molecule has 7 heteroatoms. The first-order chi connectivity index (χ1) is 13.5. The van der Waals surface area contributed by atoms with Gasteiger partial charge in [0, 0.05) is 5.69 Å². The first-order valence-corrected chi connectivity index (χ1v) is 9.28. The van der Waals surface area contributed by atoms with Crippen LogP contribution in [0.15, 0.2) is 36.4 Å². The molecule has 0 spiro atoms. The molecular weight excluding hydrogens is 380 g/mol. The molecule has 28 heavy (non-hydrogen) atoms. The minimum atomic E-state index is -1.01. The quantitative estimate of drug-likeness (QED) is 0.750. The number of ether oxygens (including phenoxy) is 2. The second-order valence-electron chi connectivity index (χ2n) is 6.50. The van der Waals surface area contributed by atoms with Crippen LogP contribution in [0.1, 0.15) is 30.0 Å². The van der Waals surface area contributed by atoms with Crippen molar-refractivity contribution in [1.82, 2.24) is 0 Å². The summed E-state index contributed by atoms with van der Waals surface area (Å²) in [5.41, 5.74) is 3.29. The van der Waals surface area contributed by atoms with E-state index < -0.39 is 18.0 Å². The fourth-order valence-corrected chi connectivity index (χ4v) is 3.22. The number of hydrogen-bond acceptors (Lipinski definition) is 5. The Hall–Kier alpha value is -3.04. The number of hydrogen-bond donors (Lipinski definition) is 1. The number of carbonyl (C=O) groups is 2. The highest BCUT2D eigenvalue weighted by atomic mass is 35.5. The fraction of sp³-hybridized carbons (Fsp3) is 0.286. The van der Waals surface area contributed by atoms with E-state index in [1.54, 1.807) is 6.07 Å². The molecule has 0 heterocycles. The van der Waals surface area contributed by atoms with E-state index in [1.165, 1.54) is 30.2 Å². The molecule has 6 nitrogen and oxygen atoms in total. The number of benzene rings is 2.